The first-order chi connectivity index (χ1) is 12.7. The molecule has 1 heterocycles. The Bertz CT molecular complexity index is 885. The van der Waals surface area contributed by atoms with E-state index >= 15 is 0 Å². The van der Waals surface area contributed by atoms with E-state index in [9.17, 15) is 22.8 Å². The summed E-state index contributed by atoms with van der Waals surface area (Å²) in [6, 6.07) is 4.73. The average Bonchev–Trinajstić information content (AvgIpc) is 3.45. The van der Waals surface area contributed by atoms with Crippen molar-refractivity contribution in [1.29, 1.82) is 0 Å². The van der Waals surface area contributed by atoms with Crippen LogP contribution in [0, 0.1) is 5.92 Å². The van der Waals surface area contributed by atoms with E-state index in [0.717, 1.165) is 25.0 Å². The van der Waals surface area contributed by atoms with E-state index in [1.54, 1.807) is 0 Å². The molecule has 1 aliphatic carbocycles. The number of nitrogens with one attached hydrogen (secondary N) is 2. The average molecular weight is 399 g/mol. The number of benzene rings is 1. The maximum absolute atomic E-state index is 12.9. The number of hydrogen-bond donors (Lipinski definition) is 2. The highest BCUT2D eigenvalue weighted by molar-refractivity contribution is 6.31. The summed E-state index contributed by atoms with van der Waals surface area (Å²) >= 11 is 5.57. The number of alkyl halides is 3. The van der Waals surface area contributed by atoms with E-state index in [1.165, 1.54) is 18.3 Å². The van der Waals surface area contributed by atoms with Crippen LogP contribution in [0.25, 0.3) is 0 Å². The van der Waals surface area contributed by atoms with Gasteiger partial charge in [-0.25, -0.2) is 9.97 Å². The standard InChI is InChI=1S/C17H14ClF3N4O2/c18-12-4-1-9(7-11(12)17(19,20)21)8-23-15(27)13-5-6-22-16(24-13)25-14(26)10-2-3-10/h1,4-7,10H,2-3,8H2,(H,23,27)(H,22,24,25,26). The molecular weight excluding hydrogens is 385 g/mol. The molecule has 2 N–H and O–H groups in total. The zero-order valence-electron chi connectivity index (χ0n) is 13.8. The van der Waals surface area contributed by atoms with Crippen LogP contribution < -0.4 is 10.6 Å². The largest absolute Gasteiger partial charge is 0.417 e. The van der Waals surface area contributed by atoms with Gasteiger partial charge in [-0.15, -0.1) is 0 Å². The fraction of sp³-hybridized carbons (Fsp3) is 0.294. The minimum Gasteiger partial charge on any atom is -0.347 e. The number of carbonyl (C=O) groups is 2. The molecule has 0 bridgehead atoms. The summed E-state index contributed by atoms with van der Waals surface area (Å²) in [5, 5.41) is 4.59. The van der Waals surface area contributed by atoms with E-state index in [0.29, 0.717) is 0 Å². The van der Waals surface area contributed by atoms with Crippen molar-refractivity contribution in [2.75, 3.05) is 5.32 Å². The smallest absolute Gasteiger partial charge is 0.347 e. The summed E-state index contributed by atoms with van der Waals surface area (Å²) in [6.45, 7) is -0.146. The van der Waals surface area contributed by atoms with Crippen LogP contribution in [0.2, 0.25) is 5.02 Å². The summed E-state index contributed by atoms with van der Waals surface area (Å²) in [4.78, 5) is 31.7. The van der Waals surface area contributed by atoms with E-state index in [2.05, 4.69) is 20.6 Å². The summed E-state index contributed by atoms with van der Waals surface area (Å²) in [5.41, 5.74) is -0.750. The second kappa shape index (κ2) is 7.51. The molecule has 0 unspecified atom stereocenters. The van der Waals surface area contributed by atoms with Crippen LogP contribution in [0.5, 0.6) is 0 Å². The highest BCUT2D eigenvalue weighted by Crippen LogP contribution is 2.35. The first kappa shape index (κ1) is 19.1. The fourth-order valence-corrected chi connectivity index (χ4v) is 2.50. The van der Waals surface area contributed by atoms with Crippen molar-refractivity contribution in [3.63, 3.8) is 0 Å². The number of amides is 2. The van der Waals surface area contributed by atoms with Gasteiger partial charge >= 0.3 is 6.18 Å². The fourth-order valence-electron chi connectivity index (χ4n) is 2.28. The van der Waals surface area contributed by atoms with Crippen LogP contribution in [0.3, 0.4) is 0 Å². The van der Waals surface area contributed by atoms with Crippen molar-refractivity contribution in [3.8, 4) is 0 Å². The molecular formula is C17H14ClF3N4O2. The molecule has 1 fully saturated rings. The highest BCUT2D eigenvalue weighted by atomic mass is 35.5. The number of aromatic nitrogens is 2. The van der Waals surface area contributed by atoms with Gasteiger partial charge in [-0.1, -0.05) is 17.7 Å². The zero-order valence-corrected chi connectivity index (χ0v) is 14.6. The number of halogens is 4. The number of hydrogen-bond acceptors (Lipinski definition) is 4. The molecule has 0 spiro atoms. The predicted molar refractivity (Wildman–Crippen MR) is 91.0 cm³/mol. The minimum atomic E-state index is -4.58. The van der Waals surface area contributed by atoms with Gasteiger partial charge in [-0.05, 0) is 36.6 Å². The van der Waals surface area contributed by atoms with E-state index in [-0.39, 0.29) is 35.6 Å². The maximum atomic E-state index is 12.9. The second-order valence-corrected chi connectivity index (χ2v) is 6.43. The molecule has 1 aliphatic rings. The van der Waals surface area contributed by atoms with Crippen LogP contribution in [0.15, 0.2) is 30.5 Å². The Kier molecular flexibility index (Phi) is 5.31. The Hall–Kier alpha value is -2.68. The van der Waals surface area contributed by atoms with Crippen molar-refractivity contribution >= 4 is 29.4 Å². The van der Waals surface area contributed by atoms with E-state index in [1.807, 2.05) is 0 Å². The summed E-state index contributed by atoms with van der Waals surface area (Å²) in [6.07, 6.45) is -1.65. The van der Waals surface area contributed by atoms with Gasteiger partial charge in [0.2, 0.25) is 11.9 Å². The Labute approximate surface area is 157 Å². The maximum Gasteiger partial charge on any atom is 0.417 e. The number of rotatable bonds is 5. The molecule has 1 saturated carbocycles. The molecule has 6 nitrogen and oxygen atoms in total. The molecule has 2 aromatic rings. The monoisotopic (exact) mass is 398 g/mol. The number of carbonyl (C=O) groups excluding carboxylic acids is 2. The zero-order chi connectivity index (χ0) is 19.6. The molecule has 0 saturated heterocycles. The van der Waals surface area contributed by atoms with Gasteiger partial charge in [-0.2, -0.15) is 13.2 Å². The lowest BCUT2D eigenvalue weighted by molar-refractivity contribution is -0.137. The topological polar surface area (TPSA) is 84.0 Å². The molecule has 1 aromatic carbocycles. The van der Waals surface area contributed by atoms with Crippen molar-refractivity contribution in [3.05, 3.63) is 52.3 Å². The third kappa shape index (κ3) is 4.94. The molecule has 0 atom stereocenters. The quantitative estimate of drug-likeness (QED) is 0.808. The Morgan fingerprint density at radius 1 is 1.22 bits per heavy atom. The van der Waals surface area contributed by atoms with Crippen LogP contribution in [0.1, 0.15) is 34.5 Å². The third-order valence-electron chi connectivity index (χ3n) is 3.86. The van der Waals surface area contributed by atoms with Gasteiger partial charge in [0, 0.05) is 18.7 Å². The van der Waals surface area contributed by atoms with Crippen molar-refractivity contribution in [1.82, 2.24) is 15.3 Å². The van der Waals surface area contributed by atoms with Gasteiger partial charge in [0.15, 0.2) is 0 Å². The number of anilines is 1. The van der Waals surface area contributed by atoms with Crippen LogP contribution >= 0.6 is 11.6 Å². The third-order valence-corrected chi connectivity index (χ3v) is 4.19. The van der Waals surface area contributed by atoms with Gasteiger partial charge in [0.25, 0.3) is 5.91 Å². The Morgan fingerprint density at radius 3 is 2.63 bits per heavy atom. The van der Waals surface area contributed by atoms with Crippen molar-refractivity contribution < 1.29 is 22.8 Å². The molecule has 3 rings (SSSR count). The van der Waals surface area contributed by atoms with Crippen LogP contribution in [0.4, 0.5) is 19.1 Å². The van der Waals surface area contributed by atoms with Gasteiger partial charge in [0.1, 0.15) is 5.69 Å². The summed E-state index contributed by atoms with van der Waals surface area (Å²) in [7, 11) is 0. The summed E-state index contributed by atoms with van der Waals surface area (Å²) in [5.74, 6) is -0.847. The molecule has 10 heteroatoms. The molecule has 142 valence electrons. The van der Waals surface area contributed by atoms with Crippen molar-refractivity contribution in [2.24, 2.45) is 5.92 Å². The van der Waals surface area contributed by atoms with Crippen LogP contribution in [-0.4, -0.2) is 21.8 Å². The SMILES string of the molecule is O=C(NCc1ccc(Cl)c(C(F)(F)F)c1)c1ccnc(NC(=O)C2CC2)n1. The second-order valence-electron chi connectivity index (χ2n) is 6.02. The van der Waals surface area contributed by atoms with Crippen LogP contribution in [-0.2, 0) is 17.5 Å². The van der Waals surface area contributed by atoms with Gasteiger partial charge in [0.05, 0.1) is 10.6 Å². The van der Waals surface area contributed by atoms with E-state index in [4.69, 9.17) is 11.6 Å². The highest BCUT2D eigenvalue weighted by Gasteiger charge is 2.33. The van der Waals surface area contributed by atoms with Gasteiger partial charge < -0.3 is 5.32 Å². The normalized spacial score (nSPS) is 13.9. The summed E-state index contributed by atoms with van der Waals surface area (Å²) < 4.78 is 38.6. The van der Waals surface area contributed by atoms with Crippen molar-refractivity contribution in [2.45, 2.75) is 25.6 Å². The lowest BCUT2D eigenvalue weighted by Crippen LogP contribution is -2.25. The first-order valence-corrected chi connectivity index (χ1v) is 8.39. The van der Waals surface area contributed by atoms with E-state index < -0.39 is 22.7 Å². The first-order valence-electron chi connectivity index (χ1n) is 8.02. The molecule has 1 aromatic heterocycles. The number of nitrogens with zero attached hydrogens (tertiary/aromatic N) is 2. The lowest BCUT2D eigenvalue weighted by Gasteiger charge is -2.11. The lowest BCUT2D eigenvalue weighted by atomic mass is 10.1. The minimum absolute atomic E-state index is 0.00500. The van der Waals surface area contributed by atoms with Gasteiger partial charge in [-0.3, -0.25) is 14.9 Å². The molecule has 2 amide bonds. The predicted octanol–water partition coefficient (Wildman–Crippen LogP) is 3.43. The molecule has 0 radical (unpaired) electrons. The Morgan fingerprint density at radius 2 is 1.96 bits per heavy atom. The molecule has 0 aliphatic heterocycles. The Balaban J connectivity index is 1.65. The molecule has 27 heavy (non-hydrogen) atoms.